The van der Waals surface area contributed by atoms with Crippen molar-refractivity contribution in [2.24, 2.45) is 5.73 Å². The first-order valence-corrected chi connectivity index (χ1v) is 9.78. The van der Waals surface area contributed by atoms with Gasteiger partial charge in [-0.25, -0.2) is 9.97 Å². The van der Waals surface area contributed by atoms with Crippen LogP contribution >= 0.6 is 0 Å². The van der Waals surface area contributed by atoms with E-state index in [0.717, 1.165) is 22.0 Å². The van der Waals surface area contributed by atoms with Crippen LogP contribution in [0.15, 0.2) is 42.7 Å². The molecule has 0 saturated carbocycles. The maximum atomic E-state index is 12.0. The van der Waals surface area contributed by atoms with Crippen LogP contribution < -0.4 is 11.1 Å². The predicted octanol–water partition coefficient (Wildman–Crippen LogP) is 1.19. The molecule has 10 heteroatoms. The zero-order valence-electron chi connectivity index (χ0n) is 16.4. The highest BCUT2D eigenvalue weighted by Gasteiger charge is 2.21. The Hall–Kier alpha value is -4.05. The molecule has 4 heterocycles. The molecule has 1 atom stereocenters. The first-order valence-electron chi connectivity index (χ1n) is 9.78. The Morgan fingerprint density at radius 1 is 1.26 bits per heavy atom. The van der Waals surface area contributed by atoms with Gasteiger partial charge in [-0.3, -0.25) is 14.3 Å². The summed E-state index contributed by atoms with van der Waals surface area (Å²) < 4.78 is 1.68. The van der Waals surface area contributed by atoms with Gasteiger partial charge in [0.2, 0.25) is 0 Å². The average molecular weight is 417 g/mol. The number of carbonyl (C=O) groups is 2. The number of carboxylic acid groups (broad SMARTS) is 1. The number of nitrogens with zero attached hydrogens (tertiary/aromatic N) is 4. The van der Waals surface area contributed by atoms with Gasteiger partial charge in [0.1, 0.15) is 17.4 Å². The maximum absolute atomic E-state index is 12.0. The van der Waals surface area contributed by atoms with Crippen molar-refractivity contribution in [1.29, 1.82) is 0 Å². The van der Waals surface area contributed by atoms with Crippen molar-refractivity contribution in [1.82, 2.24) is 30.0 Å². The number of aromatic nitrogens is 5. The van der Waals surface area contributed by atoms with Crippen LogP contribution in [0, 0.1) is 0 Å². The number of amides is 1. The number of carboxylic acids is 1. The number of aromatic amines is 1. The van der Waals surface area contributed by atoms with E-state index >= 15 is 0 Å². The molecule has 156 valence electrons. The number of rotatable bonds is 5. The molecule has 0 radical (unpaired) electrons. The van der Waals surface area contributed by atoms with E-state index in [0.29, 0.717) is 36.0 Å². The third-order valence-electron chi connectivity index (χ3n) is 5.32. The summed E-state index contributed by atoms with van der Waals surface area (Å²) in [6.07, 6.45) is 3.63. The molecule has 1 aromatic carbocycles. The molecule has 0 aliphatic carbocycles. The Morgan fingerprint density at radius 2 is 2.13 bits per heavy atom. The minimum atomic E-state index is -1.04. The summed E-state index contributed by atoms with van der Waals surface area (Å²) in [7, 11) is 0. The standard InChI is InChI=1S/C21H19N7O3/c22-14(21(30)31)8-12-10-25-15-2-1-11(7-13(12)15)19-23-4-3-16(26-19)17-9-18-20(29)24-5-6-28(18)27-17/h1-4,7,9-10,14,25H,5-6,8,22H2,(H,24,29)(H,30,31). The summed E-state index contributed by atoms with van der Waals surface area (Å²) >= 11 is 0. The summed E-state index contributed by atoms with van der Waals surface area (Å²) in [6, 6.07) is 8.20. The van der Waals surface area contributed by atoms with Crippen LogP contribution in [-0.2, 0) is 17.8 Å². The summed E-state index contributed by atoms with van der Waals surface area (Å²) in [6.45, 7) is 1.16. The van der Waals surface area contributed by atoms with Crippen LogP contribution in [0.1, 0.15) is 16.1 Å². The molecule has 1 amide bonds. The molecule has 1 unspecified atom stereocenters. The van der Waals surface area contributed by atoms with Gasteiger partial charge in [0.05, 0.1) is 12.2 Å². The lowest BCUT2D eigenvalue weighted by Crippen LogP contribution is -2.35. The van der Waals surface area contributed by atoms with Crippen LogP contribution in [-0.4, -0.2) is 54.3 Å². The molecule has 1 aliphatic heterocycles. The van der Waals surface area contributed by atoms with Crippen molar-refractivity contribution in [2.45, 2.75) is 19.0 Å². The van der Waals surface area contributed by atoms with E-state index in [4.69, 9.17) is 10.8 Å². The molecule has 31 heavy (non-hydrogen) atoms. The van der Waals surface area contributed by atoms with Crippen molar-refractivity contribution >= 4 is 22.8 Å². The molecule has 5 rings (SSSR count). The largest absolute Gasteiger partial charge is 0.480 e. The smallest absolute Gasteiger partial charge is 0.320 e. The average Bonchev–Trinajstić information content (AvgIpc) is 3.39. The first-order chi connectivity index (χ1) is 15.0. The topological polar surface area (TPSA) is 152 Å². The SMILES string of the molecule is NC(Cc1c[nH]c2ccc(-c3nccc(-c4cc5n(n4)CCNC5=O)n3)cc12)C(=O)O. The second-order valence-corrected chi connectivity index (χ2v) is 7.38. The predicted molar refractivity (Wildman–Crippen MR) is 112 cm³/mol. The van der Waals surface area contributed by atoms with Crippen molar-refractivity contribution in [3.05, 3.63) is 54.0 Å². The van der Waals surface area contributed by atoms with Gasteiger partial charge in [-0.15, -0.1) is 0 Å². The lowest BCUT2D eigenvalue weighted by atomic mass is 10.0. The Morgan fingerprint density at radius 3 is 2.94 bits per heavy atom. The summed E-state index contributed by atoms with van der Waals surface area (Å²) in [5.74, 6) is -0.688. The lowest BCUT2D eigenvalue weighted by Gasteiger charge is -2.13. The lowest BCUT2D eigenvalue weighted by molar-refractivity contribution is -0.138. The van der Waals surface area contributed by atoms with Crippen molar-refractivity contribution in [3.63, 3.8) is 0 Å². The number of carbonyl (C=O) groups excluding carboxylic acids is 1. The molecule has 0 fully saturated rings. The van der Waals surface area contributed by atoms with Gasteiger partial charge in [-0.2, -0.15) is 5.10 Å². The number of aliphatic carboxylic acids is 1. The number of hydrogen-bond donors (Lipinski definition) is 4. The number of nitrogens with one attached hydrogen (secondary N) is 2. The molecule has 0 bridgehead atoms. The van der Waals surface area contributed by atoms with Crippen LogP contribution in [0.5, 0.6) is 0 Å². The number of hydrogen-bond acceptors (Lipinski definition) is 6. The highest BCUT2D eigenvalue weighted by molar-refractivity contribution is 5.94. The van der Waals surface area contributed by atoms with Crippen LogP contribution in [0.3, 0.4) is 0 Å². The fourth-order valence-corrected chi connectivity index (χ4v) is 3.71. The van der Waals surface area contributed by atoms with E-state index in [2.05, 4.69) is 25.4 Å². The maximum Gasteiger partial charge on any atom is 0.320 e. The number of fused-ring (bicyclic) bond motifs is 2. The monoisotopic (exact) mass is 417 g/mol. The summed E-state index contributed by atoms with van der Waals surface area (Å²) in [4.78, 5) is 35.3. The summed E-state index contributed by atoms with van der Waals surface area (Å²) in [5, 5.41) is 17.3. The zero-order chi connectivity index (χ0) is 21.5. The Bertz CT molecular complexity index is 1320. The number of benzene rings is 1. The minimum Gasteiger partial charge on any atom is -0.480 e. The Kier molecular flexibility index (Phi) is 4.48. The molecular weight excluding hydrogens is 398 g/mol. The molecule has 5 N–H and O–H groups in total. The summed E-state index contributed by atoms with van der Waals surface area (Å²) in [5.41, 5.74) is 9.90. The van der Waals surface area contributed by atoms with E-state index in [1.807, 2.05) is 18.2 Å². The van der Waals surface area contributed by atoms with Crippen LogP contribution in [0.2, 0.25) is 0 Å². The third kappa shape index (κ3) is 3.42. The van der Waals surface area contributed by atoms with Gasteiger partial charge in [-0.05, 0) is 35.9 Å². The Balaban J connectivity index is 1.51. The Labute approximate surface area is 176 Å². The molecule has 0 saturated heterocycles. The minimum absolute atomic E-state index is 0.149. The van der Waals surface area contributed by atoms with Gasteiger partial charge in [0.15, 0.2) is 5.82 Å². The highest BCUT2D eigenvalue weighted by atomic mass is 16.4. The third-order valence-corrected chi connectivity index (χ3v) is 5.32. The van der Waals surface area contributed by atoms with Gasteiger partial charge in [-0.1, -0.05) is 0 Å². The van der Waals surface area contributed by atoms with E-state index in [9.17, 15) is 9.59 Å². The number of nitrogens with two attached hydrogens (primary N) is 1. The van der Waals surface area contributed by atoms with Gasteiger partial charge in [0, 0.05) is 41.8 Å². The zero-order valence-corrected chi connectivity index (χ0v) is 16.4. The van der Waals surface area contributed by atoms with E-state index in [1.54, 1.807) is 29.2 Å². The van der Waals surface area contributed by atoms with Crippen molar-refractivity contribution < 1.29 is 14.7 Å². The van der Waals surface area contributed by atoms with Crippen molar-refractivity contribution in [2.75, 3.05) is 6.54 Å². The van der Waals surface area contributed by atoms with E-state index in [-0.39, 0.29) is 12.3 Å². The van der Waals surface area contributed by atoms with Crippen molar-refractivity contribution in [3.8, 4) is 22.8 Å². The number of H-pyrrole nitrogens is 1. The quantitative estimate of drug-likeness (QED) is 0.380. The highest BCUT2D eigenvalue weighted by Crippen LogP contribution is 2.27. The fourth-order valence-electron chi connectivity index (χ4n) is 3.71. The van der Waals surface area contributed by atoms with Crippen LogP contribution in [0.4, 0.5) is 0 Å². The second-order valence-electron chi connectivity index (χ2n) is 7.38. The van der Waals surface area contributed by atoms with E-state index < -0.39 is 12.0 Å². The van der Waals surface area contributed by atoms with Gasteiger partial charge in [0.25, 0.3) is 5.91 Å². The second kappa shape index (κ2) is 7.33. The molecule has 10 nitrogen and oxygen atoms in total. The molecule has 0 spiro atoms. The van der Waals surface area contributed by atoms with E-state index in [1.165, 1.54) is 0 Å². The molecule has 4 aromatic rings. The first kappa shape index (κ1) is 18.9. The molecule has 3 aromatic heterocycles. The molecule has 1 aliphatic rings. The fraction of sp³-hybridized carbons (Fsp3) is 0.190. The van der Waals surface area contributed by atoms with Crippen LogP contribution in [0.25, 0.3) is 33.7 Å². The van der Waals surface area contributed by atoms with Gasteiger partial charge >= 0.3 is 5.97 Å². The molecular formula is C21H19N7O3. The normalized spacial score (nSPS) is 14.3. The van der Waals surface area contributed by atoms with Gasteiger partial charge < -0.3 is 21.1 Å².